The van der Waals surface area contributed by atoms with E-state index in [0.717, 1.165) is 38.9 Å². The van der Waals surface area contributed by atoms with E-state index in [1.807, 2.05) is 13.8 Å². The van der Waals surface area contributed by atoms with Crippen molar-refractivity contribution >= 4 is 5.78 Å². The van der Waals surface area contributed by atoms with Crippen LogP contribution in [0.2, 0.25) is 0 Å². The summed E-state index contributed by atoms with van der Waals surface area (Å²) in [6.07, 6.45) is 2.57. The Morgan fingerprint density at radius 3 is 2.45 bits per heavy atom. The zero-order valence-electron chi connectivity index (χ0n) is 12.6. The van der Waals surface area contributed by atoms with E-state index < -0.39 is 6.29 Å². The highest BCUT2D eigenvalue weighted by molar-refractivity contribution is 5.84. The van der Waals surface area contributed by atoms with E-state index in [0.29, 0.717) is 19.8 Å². The van der Waals surface area contributed by atoms with Gasteiger partial charge in [-0.3, -0.25) is 4.79 Å². The summed E-state index contributed by atoms with van der Waals surface area (Å²) in [5, 5.41) is 0. The molecule has 5 nitrogen and oxygen atoms in total. The minimum atomic E-state index is -0.718. The lowest BCUT2D eigenvalue weighted by Gasteiger charge is -2.43. The van der Waals surface area contributed by atoms with Gasteiger partial charge < -0.3 is 18.9 Å². The van der Waals surface area contributed by atoms with Crippen LogP contribution in [0.3, 0.4) is 0 Å². The molecule has 0 N–H and O–H groups in total. The van der Waals surface area contributed by atoms with Crippen LogP contribution in [-0.2, 0) is 23.7 Å². The SMILES string of the molecule is CCOC(OCC)C(=O)C1CCOC2(CCOCC2)C1. The first kappa shape index (κ1) is 15.9. The fraction of sp³-hybridized carbons (Fsp3) is 0.933. The second kappa shape index (κ2) is 7.50. The van der Waals surface area contributed by atoms with Crippen LogP contribution in [0.15, 0.2) is 0 Å². The van der Waals surface area contributed by atoms with Gasteiger partial charge in [-0.05, 0) is 39.5 Å². The van der Waals surface area contributed by atoms with Gasteiger partial charge in [-0.15, -0.1) is 0 Å². The van der Waals surface area contributed by atoms with Crippen molar-refractivity contribution in [3.8, 4) is 0 Å². The van der Waals surface area contributed by atoms with Crippen LogP contribution in [0.1, 0.15) is 39.5 Å². The third-order valence-corrected chi connectivity index (χ3v) is 4.17. The number of carbonyl (C=O) groups excluding carboxylic acids is 1. The predicted molar refractivity (Wildman–Crippen MR) is 73.5 cm³/mol. The van der Waals surface area contributed by atoms with Crippen molar-refractivity contribution < 1.29 is 23.7 Å². The minimum Gasteiger partial charge on any atom is -0.381 e. The van der Waals surface area contributed by atoms with Crippen LogP contribution in [0, 0.1) is 5.92 Å². The maximum atomic E-state index is 12.6. The Morgan fingerprint density at radius 1 is 1.20 bits per heavy atom. The summed E-state index contributed by atoms with van der Waals surface area (Å²) in [7, 11) is 0. The number of hydrogen-bond donors (Lipinski definition) is 0. The van der Waals surface area contributed by atoms with Crippen molar-refractivity contribution in [3.63, 3.8) is 0 Å². The van der Waals surface area contributed by atoms with Gasteiger partial charge in [-0.2, -0.15) is 0 Å². The number of hydrogen-bond acceptors (Lipinski definition) is 5. The highest BCUT2D eigenvalue weighted by atomic mass is 16.7. The Labute approximate surface area is 120 Å². The molecule has 0 bridgehead atoms. The van der Waals surface area contributed by atoms with E-state index in [9.17, 15) is 4.79 Å². The molecular weight excluding hydrogens is 260 g/mol. The van der Waals surface area contributed by atoms with Crippen molar-refractivity contribution in [1.29, 1.82) is 0 Å². The summed E-state index contributed by atoms with van der Waals surface area (Å²) in [5.74, 6) is 0.0489. The van der Waals surface area contributed by atoms with Crippen LogP contribution in [0.4, 0.5) is 0 Å². The van der Waals surface area contributed by atoms with Gasteiger partial charge in [-0.25, -0.2) is 0 Å². The van der Waals surface area contributed by atoms with Crippen molar-refractivity contribution in [3.05, 3.63) is 0 Å². The molecule has 1 spiro atoms. The molecule has 0 aromatic rings. The van der Waals surface area contributed by atoms with Gasteiger partial charge in [0.15, 0.2) is 5.78 Å². The van der Waals surface area contributed by atoms with E-state index in [1.54, 1.807) is 0 Å². The van der Waals surface area contributed by atoms with E-state index >= 15 is 0 Å². The molecule has 1 unspecified atom stereocenters. The highest BCUT2D eigenvalue weighted by Crippen LogP contribution is 2.37. The average Bonchev–Trinajstić information content (AvgIpc) is 2.47. The Bertz CT molecular complexity index is 300. The third kappa shape index (κ3) is 3.79. The topological polar surface area (TPSA) is 54.0 Å². The molecule has 2 saturated heterocycles. The maximum absolute atomic E-state index is 12.6. The molecule has 0 amide bonds. The summed E-state index contributed by atoms with van der Waals surface area (Å²) < 4.78 is 22.2. The van der Waals surface area contributed by atoms with Crippen molar-refractivity contribution in [2.45, 2.75) is 51.4 Å². The summed E-state index contributed by atoms with van der Waals surface area (Å²) in [4.78, 5) is 12.6. The monoisotopic (exact) mass is 286 g/mol. The zero-order chi connectivity index (χ0) is 14.4. The molecule has 2 fully saturated rings. The largest absolute Gasteiger partial charge is 0.381 e. The lowest BCUT2D eigenvalue weighted by molar-refractivity contribution is -0.185. The van der Waals surface area contributed by atoms with Crippen LogP contribution >= 0.6 is 0 Å². The second-order valence-electron chi connectivity index (χ2n) is 5.48. The Hall–Kier alpha value is -0.490. The van der Waals surface area contributed by atoms with Crippen LogP contribution < -0.4 is 0 Å². The first-order chi connectivity index (χ1) is 9.71. The standard InChI is InChI=1S/C15H26O5/c1-3-18-14(19-4-2)13(16)12-5-8-20-15(11-12)6-9-17-10-7-15/h12,14H,3-11H2,1-2H3. The molecule has 5 heteroatoms. The summed E-state index contributed by atoms with van der Waals surface area (Å²) in [6, 6.07) is 0. The number of Topliss-reactive ketones (excluding diaryl/α,β-unsaturated/α-hetero) is 1. The molecule has 2 aliphatic heterocycles. The molecule has 0 aromatic heterocycles. The molecule has 0 aliphatic carbocycles. The van der Waals surface area contributed by atoms with Gasteiger partial charge in [0.2, 0.25) is 6.29 Å². The maximum Gasteiger partial charge on any atom is 0.218 e. The number of ether oxygens (including phenoxy) is 4. The second-order valence-corrected chi connectivity index (χ2v) is 5.48. The minimum absolute atomic E-state index is 0.0232. The lowest BCUT2D eigenvalue weighted by Crippen LogP contribution is -2.47. The summed E-state index contributed by atoms with van der Waals surface area (Å²) in [5.41, 5.74) is -0.167. The van der Waals surface area contributed by atoms with Gasteiger partial charge in [0, 0.05) is 39.0 Å². The Morgan fingerprint density at radius 2 is 1.85 bits per heavy atom. The summed E-state index contributed by atoms with van der Waals surface area (Å²) in [6.45, 7) is 6.81. The van der Waals surface area contributed by atoms with Gasteiger partial charge in [0.25, 0.3) is 0 Å². The molecule has 20 heavy (non-hydrogen) atoms. The van der Waals surface area contributed by atoms with Crippen molar-refractivity contribution in [2.75, 3.05) is 33.0 Å². The van der Waals surface area contributed by atoms with Gasteiger partial charge in [0.1, 0.15) is 0 Å². The lowest BCUT2D eigenvalue weighted by atomic mass is 9.79. The number of rotatable bonds is 6. The van der Waals surface area contributed by atoms with E-state index in [1.165, 1.54) is 0 Å². The first-order valence-electron chi connectivity index (χ1n) is 7.69. The Kier molecular flexibility index (Phi) is 5.96. The first-order valence-corrected chi connectivity index (χ1v) is 7.69. The molecule has 1 atom stereocenters. The average molecular weight is 286 g/mol. The van der Waals surface area contributed by atoms with Crippen LogP contribution in [-0.4, -0.2) is 50.7 Å². The molecule has 0 radical (unpaired) electrons. The Balaban J connectivity index is 1.97. The van der Waals surface area contributed by atoms with E-state index in [2.05, 4.69) is 0 Å². The smallest absolute Gasteiger partial charge is 0.218 e. The van der Waals surface area contributed by atoms with Gasteiger partial charge in [-0.1, -0.05) is 0 Å². The number of ketones is 1. The van der Waals surface area contributed by atoms with Gasteiger partial charge in [0.05, 0.1) is 5.60 Å². The molecule has 0 aromatic carbocycles. The number of carbonyl (C=O) groups is 1. The van der Waals surface area contributed by atoms with E-state index in [-0.39, 0.29) is 17.3 Å². The highest BCUT2D eigenvalue weighted by Gasteiger charge is 2.42. The molecule has 0 saturated carbocycles. The van der Waals surface area contributed by atoms with E-state index in [4.69, 9.17) is 18.9 Å². The molecule has 2 heterocycles. The zero-order valence-corrected chi connectivity index (χ0v) is 12.6. The normalized spacial score (nSPS) is 26.1. The fourth-order valence-corrected chi connectivity index (χ4v) is 3.07. The van der Waals surface area contributed by atoms with Crippen LogP contribution in [0.25, 0.3) is 0 Å². The summed E-state index contributed by atoms with van der Waals surface area (Å²) >= 11 is 0. The third-order valence-electron chi connectivity index (χ3n) is 4.17. The predicted octanol–water partition coefficient (Wildman–Crippen LogP) is 1.93. The fourth-order valence-electron chi connectivity index (χ4n) is 3.07. The quantitative estimate of drug-likeness (QED) is 0.698. The molecule has 116 valence electrons. The van der Waals surface area contributed by atoms with Crippen molar-refractivity contribution in [1.82, 2.24) is 0 Å². The van der Waals surface area contributed by atoms with Crippen molar-refractivity contribution in [2.24, 2.45) is 5.92 Å². The van der Waals surface area contributed by atoms with Crippen LogP contribution in [0.5, 0.6) is 0 Å². The molecule has 2 aliphatic rings. The molecular formula is C15H26O5. The molecule has 2 rings (SSSR count). The van der Waals surface area contributed by atoms with Gasteiger partial charge >= 0.3 is 0 Å².